The molecule has 0 saturated heterocycles. The Morgan fingerprint density at radius 2 is 1.61 bits per heavy atom. The third kappa shape index (κ3) is 4.48. The maximum absolute atomic E-state index is 13.5. The number of hydrogen-bond donors (Lipinski definition) is 2. The molecular weight excluding hydrogens is 478 g/mol. The lowest BCUT2D eigenvalue weighted by atomic mass is 9.94. The number of pyridine rings is 1. The summed E-state index contributed by atoms with van der Waals surface area (Å²) in [5.41, 5.74) is 6.47. The number of rotatable bonds is 6. The molecule has 3 aromatic carbocycles. The third-order valence-corrected chi connectivity index (χ3v) is 6.34. The molecule has 2 N–H and O–H groups in total. The number of hydrazine groups is 1. The fourth-order valence-corrected chi connectivity index (χ4v) is 4.65. The molecule has 1 aliphatic rings. The van der Waals surface area contributed by atoms with Gasteiger partial charge >= 0.3 is 0 Å². The lowest BCUT2D eigenvalue weighted by Gasteiger charge is -2.26. The number of nitrogens with one attached hydrogen (secondary N) is 2. The predicted octanol–water partition coefficient (Wildman–Crippen LogP) is 3.81. The predicted molar refractivity (Wildman–Crippen MR) is 136 cm³/mol. The van der Waals surface area contributed by atoms with Crippen LogP contribution in [0.2, 0.25) is 5.02 Å². The zero-order valence-corrected chi connectivity index (χ0v) is 19.8. The second-order valence-electron chi connectivity index (χ2n) is 8.44. The van der Waals surface area contributed by atoms with Crippen molar-refractivity contribution in [2.45, 2.75) is 18.9 Å². The van der Waals surface area contributed by atoms with E-state index in [1.54, 1.807) is 24.3 Å². The molecule has 36 heavy (non-hydrogen) atoms. The van der Waals surface area contributed by atoms with Gasteiger partial charge in [-0.25, -0.2) is 5.01 Å². The van der Waals surface area contributed by atoms with E-state index in [4.69, 9.17) is 11.6 Å². The molecular formula is C28H21ClN3O4-. The van der Waals surface area contributed by atoms with Crippen LogP contribution >= 0.6 is 11.6 Å². The van der Waals surface area contributed by atoms with Crippen molar-refractivity contribution in [1.82, 2.24) is 15.4 Å². The van der Waals surface area contributed by atoms with E-state index in [0.717, 1.165) is 16.5 Å². The van der Waals surface area contributed by atoms with Gasteiger partial charge < -0.3 is 14.9 Å². The molecule has 1 amide bonds. The number of carbonyl (C=O) groups is 2. The van der Waals surface area contributed by atoms with Gasteiger partial charge in [-0.05, 0) is 41.8 Å². The van der Waals surface area contributed by atoms with Gasteiger partial charge in [0.1, 0.15) is 0 Å². The normalized spacial score (nSPS) is 15.0. The summed E-state index contributed by atoms with van der Waals surface area (Å²) >= 11 is 6.33. The van der Waals surface area contributed by atoms with Gasteiger partial charge in [-0.2, -0.15) is 0 Å². The molecule has 8 heteroatoms. The summed E-state index contributed by atoms with van der Waals surface area (Å²) in [6.45, 7) is 0. The van der Waals surface area contributed by atoms with E-state index in [9.17, 15) is 19.5 Å². The fraction of sp³-hybridized carbons (Fsp3) is 0.107. The molecule has 0 saturated carbocycles. The number of carboxylic acids is 1. The first-order valence-corrected chi connectivity index (χ1v) is 11.8. The summed E-state index contributed by atoms with van der Waals surface area (Å²) in [6.07, 6.45) is 1.16. The van der Waals surface area contributed by atoms with Crippen LogP contribution in [0, 0.1) is 0 Å². The molecule has 0 aliphatic carbocycles. The number of aliphatic carboxylic acids is 1. The number of fused-ring (bicyclic) bond motifs is 1. The molecule has 1 aromatic heterocycles. The van der Waals surface area contributed by atoms with Crippen molar-refractivity contribution in [2.24, 2.45) is 0 Å². The highest BCUT2D eigenvalue weighted by molar-refractivity contribution is 6.31. The van der Waals surface area contributed by atoms with Crippen LogP contribution in [0.3, 0.4) is 0 Å². The lowest BCUT2D eigenvalue weighted by molar-refractivity contribution is -0.305. The maximum Gasteiger partial charge on any atom is 0.258 e. The second-order valence-corrected chi connectivity index (χ2v) is 8.88. The van der Waals surface area contributed by atoms with Crippen molar-refractivity contribution >= 4 is 40.1 Å². The summed E-state index contributed by atoms with van der Waals surface area (Å²) in [5, 5.41) is 13.6. The zero-order valence-electron chi connectivity index (χ0n) is 19.0. The van der Waals surface area contributed by atoms with E-state index in [1.165, 1.54) is 5.01 Å². The van der Waals surface area contributed by atoms with Crippen molar-refractivity contribution in [1.29, 1.82) is 0 Å². The standard InChI is InChI=1S/C28H22ClN3O4/c29-19-11-12-21-20(15-19)26(18-9-5-2-6-10-18)27(28(36)30-21)22-16-23(17-7-3-1-4-8-17)32(31-22)24(33)13-14-25(34)35/h1-12,15-16,23,31H,13-14H2,(H,30,36)(H,34,35)/p-1. The number of hydrogen-bond acceptors (Lipinski definition) is 5. The molecule has 5 rings (SSSR count). The number of carboxylic acid groups (broad SMARTS) is 1. The molecule has 0 spiro atoms. The minimum absolute atomic E-state index is 0.241. The van der Waals surface area contributed by atoms with Gasteiger partial charge in [0.2, 0.25) is 5.91 Å². The molecule has 0 fully saturated rings. The molecule has 2 heterocycles. The number of amides is 1. The molecule has 0 bridgehead atoms. The molecule has 1 atom stereocenters. The Morgan fingerprint density at radius 3 is 2.31 bits per heavy atom. The van der Waals surface area contributed by atoms with Crippen LogP contribution in [0.4, 0.5) is 0 Å². The smallest absolute Gasteiger partial charge is 0.258 e. The quantitative estimate of drug-likeness (QED) is 0.420. The van der Waals surface area contributed by atoms with E-state index >= 15 is 0 Å². The molecule has 0 radical (unpaired) electrons. The maximum atomic E-state index is 13.5. The van der Waals surface area contributed by atoms with Crippen LogP contribution in [0.25, 0.3) is 27.7 Å². The van der Waals surface area contributed by atoms with Gasteiger partial charge in [-0.15, -0.1) is 0 Å². The number of benzene rings is 3. The number of halogens is 1. The summed E-state index contributed by atoms with van der Waals surface area (Å²) in [4.78, 5) is 40.4. The largest absolute Gasteiger partial charge is 0.550 e. The van der Waals surface area contributed by atoms with Gasteiger partial charge in [-0.1, -0.05) is 72.3 Å². The van der Waals surface area contributed by atoms with Crippen molar-refractivity contribution in [2.75, 3.05) is 0 Å². The van der Waals surface area contributed by atoms with Gasteiger partial charge in [0.15, 0.2) is 0 Å². The van der Waals surface area contributed by atoms with E-state index < -0.39 is 24.3 Å². The van der Waals surface area contributed by atoms with E-state index in [0.29, 0.717) is 27.4 Å². The molecule has 180 valence electrons. The molecule has 7 nitrogen and oxygen atoms in total. The van der Waals surface area contributed by atoms with Crippen LogP contribution in [0.1, 0.15) is 30.0 Å². The van der Waals surface area contributed by atoms with Crippen LogP contribution in [0.15, 0.2) is 89.7 Å². The molecule has 4 aromatic rings. The Morgan fingerprint density at radius 1 is 0.917 bits per heavy atom. The summed E-state index contributed by atoms with van der Waals surface area (Å²) < 4.78 is 0. The number of carbonyl (C=O) groups excluding carboxylic acids is 2. The Labute approximate surface area is 211 Å². The van der Waals surface area contributed by atoms with Gasteiger partial charge in [0.25, 0.3) is 5.56 Å². The van der Waals surface area contributed by atoms with Crippen molar-refractivity contribution in [3.05, 3.63) is 111 Å². The highest BCUT2D eigenvalue weighted by Crippen LogP contribution is 2.37. The van der Waals surface area contributed by atoms with E-state index in [2.05, 4.69) is 10.4 Å². The highest BCUT2D eigenvalue weighted by Gasteiger charge is 2.32. The Kier molecular flexibility index (Phi) is 6.31. The first kappa shape index (κ1) is 23.4. The number of H-pyrrole nitrogens is 1. The number of nitrogens with zero attached hydrogens (tertiary/aromatic N) is 1. The van der Waals surface area contributed by atoms with Crippen LogP contribution in [-0.4, -0.2) is 21.9 Å². The minimum Gasteiger partial charge on any atom is -0.550 e. The van der Waals surface area contributed by atoms with E-state index in [-0.39, 0.29) is 12.0 Å². The summed E-state index contributed by atoms with van der Waals surface area (Å²) in [7, 11) is 0. The topological polar surface area (TPSA) is 105 Å². The van der Waals surface area contributed by atoms with Crippen LogP contribution in [-0.2, 0) is 9.59 Å². The Hall–Kier alpha value is -4.36. The monoisotopic (exact) mass is 498 g/mol. The Balaban J connectivity index is 1.70. The SMILES string of the molecule is O=C([O-])CCC(=O)N1NC(c2c(-c3ccccc3)c3cc(Cl)ccc3[nH]c2=O)=CC1c1ccccc1. The number of aromatic nitrogens is 1. The first-order chi connectivity index (χ1) is 17.4. The summed E-state index contributed by atoms with van der Waals surface area (Å²) in [5.74, 6) is -1.73. The number of aromatic amines is 1. The van der Waals surface area contributed by atoms with Gasteiger partial charge in [0.05, 0.1) is 17.3 Å². The lowest BCUT2D eigenvalue weighted by Crippen LogP contribution is -2.40. The molecule has 1 unspecified atom stereocenters. The second kappa shape index (κ2) is 9.71. The van der Waals surface area contributed by atoms with Crippen molar-refractivity contribution in [3.63, 3.8) is 0 Å². The minimum atomic E-state index is -1.30. The van der Waals surface area contributed by atoms with E-state index in [1.807, 2.05) is 60.7 Å². The van der Waals surface area contributed by atoms with Crippen LogP contribution < -0.4 is 16.1 Å². The van der Waals surface area contributed by atoms with Gasteiger partial charge in [0, 0.05) is 33.9 Å². The zero-order chi connectivity index (χ0) is 25.2. The summed E-state index contributed by atoms with van der Waals surface area (Å²) in [6, 6.07) is 23.5. The fourth-order valence-electron chi connectivity index (χ4n) is 4.48. The van der Waals surface area contributed by atoms with Crippen molar-refractivity contribution < 1.29 is 14.7 Å². The average molecular weight is 499 g/mol. The van der Waals surface area contributed by atoms with Gasteiger partial charge in [-0.3, -0.25) is 15.0 Å². The molecule has 1 aliphatic heterocycles. The highest BCUT2D eigenvalue weighted by atomic mass is 35.5. The van der Waals surface area contributed by atoms with Crippen LogP contribution in [0.5, 0.6) is 0 Å². The van der Waals surface area contributed by atoms with Crippen molar-refractivity contribution in [3.8, 4) is 11.1 Å². The first-order valence-electron chi connectivity index (χ1n) is 11.4. The third-order valence-electron chi connectivity index (χ3n) is 6.10. The average Bonchev–Trinajstić information content (AvgIpc) is 3.33. The Bertz CT molecular complexity index is 1550.